The van der Waals surface area contributed by atoms with Crippen molar-refractivity contribution in [3.05, 3.63) is 29.7 Å². The Morgan fingerprint density at radius 3 is 2.80 bits per heavy atom. The molecule has 1 unspecified atom stereocenters. The molecule has 4 rings (SSSR count). The van der Waals surface area contributed by atoms with Crippen molar-refractivity contribution >= 4 is 17.5 Å². The molecule has 1 amide bonds. The van der Waals surface area contributed by atoms with E-state index < -0.39 is 11.4 Å². The molecule has 162 valence electrons. The van der Waals surface area contributed by atoms with E-state index in [2.05, 4.69) is 10.4 Å². The fourth-order valence-electron chi connectivity index (χ4n) is 4.96. The van der Waals surface area contributed by atoms with Gasteiger partial charge in [0.2, 0.25) is 5.91 Å². The highest BCUT2D eigenvalue weighted by Crippen LogP contribution is 2.34. The van der Waals surface area contributed by atoms with Gasteiger partial charge in [-0.1, -0.05) is 25.7 Å². The summed E-state index contributed by atoms with van der Waals surface area (Å²) >= 11 is 0. The van der Waals surface area contributed by atoms with Crippen LogP contribution in [0.25, 0.3) is 5.65 Å². The van der Waals surface area contributed by atoms with Gasteiger partial charge in [0.25, 0.3) is 0 Å². The molecule has 30 heavy (non-hydrogen) atoms. The summed E-state index contributed by atoms with van der Waals surface area (Å²) in [6.07, 6.45) is 12.4. The smallest absolute Gasteiger partial charge is 0.321 e. The number of amides is 1. The van der Waals surface area contributed by atoms with Crippen LogP contribution in [-0.2, 0) is 20.7 Å². The average molecular weight is 414 g/mol. The van der Waals surface area contributed by atoms with E-state index in [1.165, 1.54) is 32.8 Å². The number of hydrogen-bond donors (Lipinski definition) is 2. The Labute approximate surface area is 176 Å². The minimum atomic E-state index is -1.21. The lowest BCUT2D eigenvalue weighted by Gasteiger charge is -2.33. The van der Waals surface area contributed by atoms with Crippen molar-refractivity contribution in [1.29, 1.82) is 0 Å². The number of piperidine rings is 1. The van der Waals surface area contributed by atoms with E-state index in [1.807, 2.05) is 12.3 Å². The third kappa shape index (κ3) is 3.93. The van der Waals surface area contributed by atoms with Gasteiger partial charge in [-0.3, -0.25) is 9.59 Å². The molecular weight excluding hydrogens is 382 g/mol. The number of imidazole rings is 1. The van der Waals surface area contributed by atoms with E-state index in [9.17, 15) is 9.59 Å². The summed E-state index contributed by atoms with van der Waals surface area (Å²) in [5, 5.41) is 7.28. The minimum Gasteiger partial charge on any atom is -0.468 e. The Morgan fingerprint density at radius 2 is 2.10 bits per heavy atom. The number of methoxy groups -OCH3 is 1. The van der Waals surface area contributed by atoms with Crippen LogP contribution in [0, 0.1) is 11.3 Å². The van der Waals surface area contributed by atoms with Crippen LogP contribution in [0.4, 0.5) is 0 Å². The van der Waals surface area contributed by atoms with Crippen molar-refractivity contribution in [2.45, 2.75) is 63.8 Å². The van der Waals surface area contributed by atoms with Gasteiger partial charge in [0.05, 0.1) is 31.2 Å². The maximum Gasteiger partial charge on any atom is 0.321 e. The van der Waals surface area contributed by atoms with E-state index in [1.54, 1.807) is 10.7 Å². The first kappa shape index (κ1) is 20.8. The molecule has 1 aliphatic heterocycles. The third-order valence-electron chi connectivity index (χ3n) is 6.73. The molecule has 0 bridgehead atoms. The Bertz CT molecular complexity index is 909. The molecule has 1 saturated carbocycles. The van der Waals surface area contributed by atoms with Crippen molar-refractivity contribution in [1.82, 2.24) is 19.9 Å². The predicted molar refractivity (Wildman–Crippen MR) is 112 cm³/mol. The summed E-state index contributed by atoms with van der Waals surface area (Å²) in [5.74, 6) is -0.329. The van der Waals surface area contributed by atoms with E-state index in [-0.39, 0.29) is 18.4 Å². The number of ether oxygens (including phenoxy) is 1. The van der Waals surface area contributed by atoms with E-state index >= 15 is 0 Å². The summed E-state index contributed by atoms with van der Waals surface area (Å²) in [6, 6.07) is 1.79. The number of nitrogens with two attached hydrogens (primary N) is 1. The molecule has 2 aromatic heterocycles. The summed E-state index contributed by atoms with van der Waals surface area (Å²) < 4.78 is 6.70. The van der Waals surface area contributed by atoms with Crippen molar-refractivity contribution in [3.63, 3.8) is 0 Å². The Hall–Kier alpha value is -2.48. The fourth-order valence-corrected chi connectivity index (χ4v) is 4.96. The fraction of sp³-hybridized carbons (Fsp3) is 0.636. The molecule has 0 radical (unpaired) electrons. The summed E-state index contributed by atoms with van der Waals surface area (Å²) in [6.45, 7) is 0.581. The van der Waals surface area contributed by atoms with Crippen molar-refractivity contribution < 1.29 is 14.3 Å². The van der Waals surface area contributed by atoms with Crippen LogP contribution in [0.3, 0.4) is 0 Å². The second-order valence-corrected chi connectivity index (χ2v) is 8.72. The largest absolute Gasteiger partial charge is 0.468 e. The topological polar surface area (TPSA) is 112 Å². The standard InChI is InChI=1S/C22H31N5O3/c1-30-21(29)22(9-6-10-24-20(22)28)12-15-11-18-26-17(14-27(18)25-13-15)19(23)16-7-4-2-3-5-8-16/h11,13-14,16,19H,2-10,12,23H2,1H3,(H,24,28)/t19-,22?/m0/s1. The first-order valence-corrected chi connectivity index (χ1v) is 11.0. The normalized spacial score (nSPS) is 24.3. The van der Waals surface area contributed by atoms with Gasteiger partial charge in [-0.25, -0.2) is 9.50 Å². The molecule has 0 spiro atoms. The predicted octanol–water partition coefficient (Wildman–Crippen LogP) is 2.31. The van der Waals surface area contributed by atoms with Crippen LogP contribution in [0.2, 0.25) is 0 Å². The molecule has 3 heterocycles. The van der Waals surface area contributed by atoms with E-state index in [4.69, 9.17) is 15.5 Å². The molecule has 2 aromatic rings. The molecule has 1 saturated heterocycles. The van der Waals surface area contributed by atoms with E-state index in [0.717, 1.165) is 30.5 Å². The molecule has 1 aliphatic carbocycles. The summed E-state index contributed by atoms with van der Waals surface area (Å²) in [5.41, 5.74) is 7.68. The number of nitrogens with zero attached hydrogens (tertiary/aromatic N) is 3. The number of rotatable bonds is 5. The quantitative estimate of drug-likeness (QED) is 0.442. The van der Waals surface area contributed by atoms with Crippen LogP contribution in [0.15, 0.2) is 18.5 Å². The number of nitrogens with one attached hydrogen (secondary N) is 1. The molecule has 3 N–H and O–H groups in total. The summed E-state index contributed by atoms with van der Waals surface area (Å²) in [7, 11) is 1.32. The number of carbonyl (C=O) groups is 2. The van der Waals surface area contributed by atoms with Gasteiger partial charge in [-0.2, -0.15) is 5.10 Å². The van der Waals surface area contributed by atoms with Crippen LogP contribution < -0.4 is 11.1 Å². The number of carbonyl (C=O) groups excluding carboxylic acids is 2. The van der Waals surface area contributed by atoms with Gasteiger partial charge >= 0.3 is 5.97 Å². The highest BCUT2D eigenvalue weighted by molar-refractivity contribution is 6.03. The van der Waals surface area contributed by atoms with Gasteiger partial charge in [0, 0.05) is 6.54 Å². The van der Waals surface area contributed by atoms with Gasteiger partial charge in [0.15, 0.2) is 11.1 Å². The number of hydrogen-bond acceptors (Lipinski definition) is 6. The average Bonchev–Trinajstić information content (AvgIpc) is 2.99. The third-order valence-corrected chi connectivity index (χ3v) is 6.73. The monoisotopic (exact) mass is 413 g/mol. The van der Waals surface area contributed by atoms with Crippen molar-refractivity contribution in [3.8, 4) is 0 Å². The molecular formula is C22H31N5O3. The zero-order chi connectivity index (χ0) is 21.1. The Kier molecular flexibility index (Phi) is 6.04. The van der Waals surface area contributed by atoms with Gasteiger partial charge in [0.1, 0.15) is 0 Å². The zero-order valence-electron chi connectivity index (χ0n) is 17.6. The lowest BCUT2D eigenvalue weighted by molar-refractivity contribution is -0.161. The molecule has 8 nitrogen and oxygen atoms in total. The molecule has 2 fully saturated rings. The lowest BCUT2D eigenvalue weighted by atomic mass is 9.75. The van der Waals surface area contributed by atoms with Crippen LogP contribution in [-0.4, -0.2) is 40.1 Å². The Morgan fingerprint density at radius 1 is 1.33 bits per heavy atom. The van der Waals surface area contributed by atoms with E-state index in [0.29, 0.717) is 24.5 Å². The number of aromatic nitrogens is 3. The molecule has 2 aliphatic rings. The van der Waals surface area contributed by atoms with Gasteiger partial charge < -0.3 is 15.8 Å². The van der Waals surface area contributed by atoms with Crippen molar-refractivity contribution in [2.24, 2.45) is 17.1 Å². The highest BCUT2D eigenvalue weighted by Gasteiger charge is 2.48. The maximum atomic E-state index is 12.6. The van der Waals surface area contributed by atoms with Crippen LogP contribution >= 0.6 is 0 Å². The maximum absolute atomic E-state index is 12.6. The Balaban J connectivity index is 1.58. The minimum absolute atomic E-state index is 0.0983. The van der Waals surface area contributed by atoms with Crippen LogP contribution in [0.5, 0.6) is 0 Å². The van der Waals surface area contributed by atoms with Crippen LogP contribution in [0.1, 0.15) is 68.7 Å². The van der Waals surface area contributed by atoms with Gasteiger partial charge in [-0.05, 0) is 49.7 Å². The summed E-state index contributed by atoms with van der Waals surface area (Å²) in [4.78, 5) is 29.9. The number of fused-ring (bicyclic) bond motifs is 1. The highest BCUT2D eigenvalue weighted by atomic mass is 16.5. The zero-order valence-corrected chi connectivity index (χ0v) is 17.6. The lowest BCUT2D eigenvalue weighted by Crippen LogP contribution is -2.52. The van der Waals surface area contributed by atoms with Gasteiger partial charge in [-0.15, -0.1) is 0 Å². The number of esters is 1. The molecule has 8 heteroatoms. The molecule has 2 atom stereocenters. The first-order valence-electron chi connectivity index (χ1n) is 11.0. The second-order valence-electron chi connectivity index (χ2n) is 8.72. The van der Waals surface area contributed by atoms with Crippen molar-refractivity contribution in [2.75, 3.05) is 13.7 Å². The SMILES string of the molecule is COC(=O)C1(Cc2cnn3cc([C@@H](N)C4CCCCCC4)nc3c2)CCCNC1=O. The molecule has 0 aromatic carbocycles. The first-order chi connectivity index (χ1) is 14.5. The second kappa shape index (κ2) is 8.71.